The fourth-order valence-corrected chi connectivity index (χ4v) is 6.52. The van der Waals surface area contributed by atoms with Crippen molar-refractivity contribution < 1.29 is 21.7 Å². The number of rotatable bonds is 4. The molecule has 18 heavy (non-hydrogen) atoms. The molecule has 0 amide bonds. The molecule has 0 fully saturated rings. The van der Waals surface area contributed by atoms with Gasteiger partial charge >= 0.3 is 0 Å². The Labute approximate surface area is 131 Å². The van der Waals surface area contributed by atoms with Crippen molar-refractivity contribution in [3.05, 3.63) is 47.7 Å². The molecule has 1 aliphatic rings. The Kier molecular flexibility index (Phi) is 6.19. The molecule has 2 rings (SSSR count). The third-order valence-corrected chi connectivity index (χ3v) is 7.84. The summed E-state index contributed by atoms with van der Waals surface area (Å²) in [5.41, 5.74) is 0. The molecule has 0 heterocycles. The van der Waals surface area contributed by atoms with Gasteiger partial charge in [-0.2, -0.15) is 6.08 Å². The van der Waals surface area contributed by atoms with Gasteiger partial charge in [-0.25, -0.2) is 11.3 Å². The molecule has 1 aromatic rings. The summed E-state index contributed by atoms with van der Waals surface area (Å²) in [6.07, 6.45) is 9.02. The van der Waals surface area contributed by atoms with E-state index in [0.717, 1.165) is 12.2 Å². The van der Waals surface area contributed by atoms with Crippen molar-refractivity contribution in [3.63, 3.8) is 0 Å². The van der Waals surface area contributed by atoms with Crippen LogP contribution >= 0.6 is 11.8 Å². The van der Waals surface area contributed by atoms with E-state index in [1.54, 1.807) is 5.19 Å². The van der Waals surface area contributed by atoms with Crippen molar-refractivity contribution in [1.82, 2.24) is 0 Å². The van der Waals surface area contributed by atoms with E-state index in [1.807, 2.05) is 11.8 Å². The summed E-state index contributed by atoms with van der Waals surface area (Å²) in [4.78, 5) is 1.46. The number of allylic oxidation sites excluding steroid dienone is 4. The second-order valence-corrected chi connectivity index (χ2v) is 10.4. The molecular formula is C15H19SSiTi-. The first-order chi connectivity index (χ1) is 8.16. The van der Waals surface area contributed by atoms with E-state index in [-0.39, 0.29) is 21.7 Å². The van der Waals surface area contributed by atoms with Gasteiger partial charge in [-0.3, -0.25) is 6.08 Å². The maximum absolute atomic E-state index is 3.52. The van der Waals surface area contributed by atoms with Crippen LogP contribution in [0.4, 0.5) is 0 Å². The molecule has 0 atom stereocenters. The third kappa shape index (κ3) is 3.30. The number of benzene rings is 1. The molecule has 0 saturated carbocycles. The molecule has 0 bridgehead atoms. The predicted molar refractivity (Wildman–Crippen MR) is 80.5 cm³/mol. The quantitative estimate of drug-likeness (QED) is 0.461. The Morgan fingerprint density at radius 3 is 2.61 bits per heavy atom. The average molecular weight is 307 g/mol. The zero-order valence-electron chi connectivity index (χ0n) is 11.3. The van der Waals surface area contributed by atoms with Crippen molar-refractivity contribution in [2.75, 3.05) is 5.75 Å². The zero-order valence-corrected chi connectivity index (χ0v) is 14.7. The van der Waals surface area contributed by atoms with Gasteiger partial charge in [0.15, 0.2) is 0 Å². The van der Waals surface area contributed by atoms with Crippen molar-refractivity contribution in [2.24, 2.45) is 0 Å². The van der Waals surface area contributed by atoms with Crippen LogP contribution in [0.1, 0.15) is 13.3 Å². The predicted octanol–water partition coefficient (Wildman–Crippen LogP) is 3.94. The Morgan fingerprint density at radius 2 is 2.00 bits per heavy atom. The smallest absolute Gasteiger partial charge is 0.0769 e. The first-order valence-corrected chi connectivity index (χ1v) is 10.1. The Bertz CT molecular complexity index is 463. The summed E-state index contributed by atoms with van der Waals surface area (Å²) in [6, 6.07) is 8.89. The van der Waals surface area contributed by atoms with Crippen molar-refractivity contribution in [2.45, 2.75) is 31.3 Å². The van der Waals surface area contributed by atoms with Crippen LogP contribution in [0.5, 0.6) is 0 Å². The van der Waals surface area contributed by atoms with Crippen LogP contribution in [0.15, 0.2) is 46.5 Å². The van der Waals surface area contributed by atoms with Gasteiger partial charge in [0.25, 0.3) is 0 Å². The van der Waals surface area contributed by atoms with Gasteiger partial charge in [0.1, 0.15) is 0 Å². The van der Waals surface area contributed by atoms with Gasteiger partial charge in [0.05, 0.1) is 8.07 Å². The third-order valence-electron chi connectivity index (χ3n) is 3.23. The largest absolute Gasteiger partial charge is 0.273 e. The van der Waals surface area contributed by atoms with Crippen molar-refractivity contribution >= 4 is 25.0 Å². The zero-order chi connectivity index (χ0) is 12.3. The molecule has 0 radical (unpaired) electrons. The van der Waals surface area contributed by atoms with E-state index in [1.165, 1.54) is 10.1 Å². The Hall–Kier alpha value is -0.0188. The number of hydrogen-bond donors (Lipinski definition) is 0. The Morgan fingerprint density at radius 1 is 1.28 bits per heavy atom. The van der Waals surface area contributed by atoms with Gasteiger partial charge in [-0.05, 0) is 17.0 Å². The maximum Gasteiger partial charge on any atom is 0.0769 e. The molecule has 1 aromatic carbocycles. The summed E-state index contributed by atoms with van der Waals surface area (Å²) < 4.78 is 0. The van der Waals surface area contributed by atoms with Crippen LogP contribution in [0.2, 0.25) is 13.1 Å². The standard InChI is InChI=1S/C15H19SSi.Ti/c1-4-16-14-11-7-8-12-15(14)17(2,3)13-9-5-6-10-13;/h5,7-9,11-12H,4,6H2,1-3H3;/q-1;. The van der Waals surface area contributed by atoms with Crippen LogP contribution in [-0.4, -0.2) is 13.8 Å². The molecule has 0 saturated heterocycles. The summed E-state index contributed by atoms with van der Waals surface area (Å²) in [7, 11) is -1.53. The second-order valence-electron chi connectivity index (χ2n) is 4.75. The van der Waals surface area contributed by atoms with E-state index < -0.39 is 8.07 Å². The van der Waals surface area contributed by atoms with E-state index in [9.17, 15) is 0 Å². The monoisotopic (exact) mass is 307 g/mol. The summed E-state index contributed by atoms with van der Waals surface area (Å²) in [5, 5.41) is 3.02. The number of thioether (sulfide) groups is 1. The molecule has 1 aliphatic carbocycles. The van der Waals surface area contributed by atoms with Gasteiger partial charge in [-0.1, -0.05) is 38.2 Å². The fraction of sp³-hybridized carbons (Fsp3) is 0.333. The average Bonchev–Trinajstić information content (AvgIpc) is 2.84. The fourth-order valence-electron chi connectivity index (χ4n) is 2.24. The summed E-state index contributed by atoms with van der Waals surface area (Å²) in [5.74, 6) is 1.14. The van der Waals surface area contributed by atoms with Crippen molar-refractivity contribution in [1.29, 1.82) is 0 Å². The Balaban J connectivity index is 0.00000162. The molecule has 0 aromatic heterocycles. The normalized spacial score (nSPS) is 14.3. The minimum atomic E-state index is -1.53. The molecule has 0 unspecified atom stereocenters. The first-order valence-electron chi connectivity index (χ1n) is 6.16. The van der Waals surface area contributed by atoms with Gasteiger partial charge < -0.3 is 0 Å². The molecule has 94 valence electrons. The van der Waals surface area contributed by atoms with Crippen LogP contribution in [0, 0.1) is 6.08 Å². The molecule has 0 aliphatic heterocycles. The van der Waals surface area contributed by atoms with Crippen LogP contribution in [0.25, 0.3) is 0 Å². The maximum atomic E-state index is 3.52. The van der Waals surface area contributed by atoms with Crippen molar-refractivity contribution in [3.8, 4) is 0 Å². The summed E-state index contributed by atoms with van der Waals surface area (Å²) >= 11 is 1.96. The van der Waals surface area contributed by atoms with Crippen LogP contribution < -0.4 is 5.19 Å². The minimum absolute atomic E-state index is 0. The van der Waals surface area contributed by atoms with E-state index in [0.29, 0.717) is 0 Å². The van der Waals surface area contributed by atoms with E-state index >= 15 is 0 Å². The topological polar surface area (TPSA) is 0 Å². The van der Waals surface area contributed by atoms with Gasteiger partial charge in [-0.15, -0.1) is 18.2 Å². The molecule has 0 N–H and O–H groups in total. The van der Waals surface area contributed by atoms with Gasteiger partial charge in [0, 0.05) is 26.6 Å². The van der Waals surface area contributed by atoms with E-state index in [4.69, 9.17) is 0 Å². The van der Waals surface area contributed by atoms with Gasteiger partial charge in [0.2, 0.25) is 0 Å². The minimum Gasteiger partial charge on any atom is -0.273 e. The first kappa shape index (κ1) is 16.0. The van der Waals surface area contributed by atoms with Crippen LogP contribution in [0.3, 0.4) is 0 Å². The second kappa shape index (κ2) is 6.95. The molecular weight excluding hydrogens is 288 g/mol. The van der Waals surface area contributed by atoms with E-state index in [2.05, 4.69) is 62.5 Å². The molecule has 3 heteroatoms. The summed E-state index contributed by atoms with van der Waals surface area (Å²) in [6.45, 7) is 7.08. The molecule has 0 nitrogen and oxygen atoms in total. The van der Waals surface area contributed by atoms with Crippen LogP contribution in [-0.2, 0) is 21.7 Å². The number of hydrogen-bond acceptors (Lipinski definition) is 1. The SMILES string of the molecule is CCSc1ccccc1[Si](C)(C)C1=[C-]CC=C1.[Ti]. The molecule has 0 spiro atoms.